The first-order valence-corrected chi connectivity index (χ1v) is 6.59. The Labute approximate surface area is 109 Å². The minimum absolute atomic E-state index is 0.514. The molecule has 0 spiro atoms. The first-order chi connectivity index (χ1) is 8.86. The minimum Gasteiger partial charge on any atom is -0.474 e. The molecule has 1 aromatic heterocycles. The van der Waals surface area contributed by atoms with Crippen molar-refractivity contribution in [3.63, 3.8) is 0 Å². The number of ether oxygens (including phenoxy) is 2. The molecule has 0 atom stereocenters. The summed E-state index contributed by atoms with van der Waals surface area (Å²) in [6, 6.07) is 0. The van der Waals surface area contributed by atoms with Crippen LogP contribution in [0, 0.1) is 0 Å². The number of aromatic nitrogens is 2. The van der Waals surface area contributed by atoms with E-state index in [-0.39, 0.29) is 0 Å². The predicted octanol–water partition coefficient (Wildman–Crippen LogP) is 1.78. The molecule has 102 valence electrons. The van der Waals surface area contributed by atoms with Gasteiger partial charge in [-0.25, -0.2) is 4.98 Å². The van der Waals surface area contributed by atoms with Crippen LogP contribution in [0.1, 0.15) is 32.4 Å². The zero-order valence-corrected chi connectivity index (χ0v) is 11.3. The molecule has 0 radical (unpaired) electrons. The topological polar surface area (TPSA) is 56.3 Å². The molecule has 1 rings (SSSR count). The molecule has 5 heteroatoms. The van der Waals surface area contributed by atoms with Gasteiger partial charge in [-0.15, -0.1) is 0 Å². The van der Waals surface area contributed by atoms with Crippen molar-refractivity contribution in [3.8, 4) is 5.88 Å². The van der Waals surface area contributed by atoms with Crippen LogP contribution in [0.3, 0.4) is 0 Å². The van der Waals surface area contributed by atoms with E-state index in [1.807, 2.05) is 0 Å². The number of nitrogens with zero attached hydrogens (tertiary/aromatic N) is 2. The van der Waals surface area contributed by atoms with Crippen molar-refractivity contribution in [2.45, 2.75) is 33.2 Å². The van der Waals surface area contributed by atoms with Gasteiger partial charge in [0, 0.05) is 19.3 Å². The molecule has 0 aliphatic carbocycles. The smallest absolute Gasteiger partial charge is 0.232 e. The Bertz CT molecular complexity index is 321. The Kier molecular flexibility index (Phi) is 8.08. The summed E-state index contributed by atoms with van der Waals surface area (Å²) in [5.74, 6) is 0.561. The third-order valence-corrected chi connectivity index (χ3v) is 2.22. The van der Waals surface area contributed by atoms with Crippen LogP contribution in [0.2, 0.25) is 0 Å². The van der Waals surface area contributed by atoms with Crippen LogP contribution in [0.25, 0.3) is 0 Å². The summed E-state index contributed by atoms with van der Waals surface area (Å²) in [7, 11) is 0. The van der Waals surface area contributed by atoms with Crippen LogP contribution >= 0.6 is 0 Å². The van der Waals surface area contributed by atoms with E-state index in [0.29, 0.717) is 19.1 Å². The van der Waals surface area contributed by atoms with E-state index in [1.165, 1.54) is 0 Å². The fourth-order valence-corrected chi connectivity index (χ4v) is 1.39. The Morgan fingerprint density at radius 3 is 2.78 bits per heavy atom. The number of rotatable bonds is 10. The van der Waals surface area contributed by atoms with Gasteiger partial charge in [0.05, 0.1) is 18.5 Å². The summed E-state index contributed by atoms with van der Waals surface area (Å²) in [5, 5.41) is 3.28. The van der Waals surface area contributed by atoms with Crippen LogP contribution in [-0.2, 0) is 11.3 Å². The van der Waals surface area contributed by atoms with E-state index in [2.05, 4.69) is 29.1 Å². The fraction of sp³-hybridized carbons (Fsp3) is 0.692. The molecule has 1 heterocycles. The lowest BCUT2D eigenvalue weighted by molar-refractivity contribution is 0.0988. The zero-order chi connectivity index (χ0) is 13.1. The van der Waals surface area contributed by atoms with E-state index in [0.717, 1.165) is 38.2 Å². The van der Waals surface area contributed by atoms with Crippen molar-refractivity contribution >= 4 is 0 Å². The molecule has 0 unspecified atom stereocenters. The summed E-state index contributed by atoms with van der Waals surface area (Å²) >= 11 is 0. The maximum Gasteiger partial charge on any atom is 0.232 e. The van der Waals surface area contributed by atoms with Gasteiger partial charge < -0.3 is 14.8 Å². The number of hydrogen-bond donors (Lipinski definition) is 1. The van der Waals surface area contributed by atoms with E-state index in [1.54, 1.807) is 12.4 Å². The molecule has 0 saturated carbocycles. The first kappa shape index (κ1) is 14.9. The van der Waals surface area contributed by atoms with E-state index >= 15 is 0 Å². The maximum absolute atomic E-state index is 5.47. The van der Waals surface area contributed by atoms with Crippen molar-refractivity contribution < 1.29 is 9.47 Å². The van der Waals surface area contributed by atoms with Crippen molar-refractivity contribution in [1.82, 2.24) is 15.3 Å². The fourth-order valence-electron chi connectivity index (χ4n) is 1.39. The van der Waals surface area contributed by atoms with E-state index < -0.39 is 0 Å². The lowest BCUT2D eigenvalue weighted by Gasteiger charge is -2.07. The summed E-state index contributed by atoms with van der Waals surface area (Å²) in [6.07, 6.45) is 5.52. The molecule has 0 aliphatic heterocycles. The van der Waals surface area contributed by atoms with Crippen LogP contribution in [0.15, 0.2) is 12.4 Å². The van der Waals surface area contributed by atoms with Gasteiger partial charge in [0.2, 0.25) is 5.88 Å². The normalized spacial score (nSPS) is 10.6. The minimum atomic E-state index is 0.514. The summed E-state index contributed by atoms with van der Waals surface area (Å²) in [4.78, 5) is 8.47. The van der Waals surface area contributed by atoms with Crippen LogP contribution < -0.4 is 10.1 Å². The Balaban J connectivity index is 2.26. The number of hydrogen-bond acceptors (Lipinski definition) is 5. The van der Waals surface area contributed by atoms with Gasteiger partial charge in [0.25, 0.3) is 0 Å². The zero-order valence-electron chi connectivity index (χ0n) is 11.3. The van der Waals surface area contributed by atoms with Gasteiger partial charge in [0.15, 0.2) is 0 Å². The summed E-state index contributed by atoms with van der Waals surface area (Å²) in [6.45, 7) is 7.81. The molecule has 1 aromatic rings. The second-order valence-corrected chi connectivity index (χ2v) is 3.99. The maximum atomic E-state index is 5.47. The molecule has 0 saturated heterocycles. The van der Waals surface area contributed by atoms with Gasteiger partial charge >= 0.3 is 0 Å². The highest BCUT2D eigenvalue weighted by molar-refractivity contribution is 5.08. The lowest BCUT2D eigenvalue weighted by Crippen LogP contribution is -2.15. The van der Waals surface area contributed by atoms with Crippen molar-refractivity contribution in [1.29, 1.82) is 0 Å². The highest BCUT2D eigenvalue weighted by Crippen LogP contribution is 2.04. The van der Waals surface area contributed by atoms with Crippen LogP contribution in [0.5, 0.6) is 5.88 Å². The largest absolute Gasteiger partial charge is 0.474 e. The third-order valence-electron chi connectivity index (χ3n) is 2.22. The molecule has 0 aliphatic rings. The third kappa shape index (κ3) is 6.51. The monoisotopic (exact) mass is 253 g/mol. The Morgan fingerprint density at radius 1 is 1.11 bits per heavy atom. The molecule has 0 bridgehead atoms. The van der Waals surface area contributed by atoms with Gasteiger partial charge in [0.1, 0.15) is 6.61 Å². The van der Waals surface area contributed by atoms with E-state index in [9.17, 15) is 0 Å². The van der Waals surface area contributed by atoms with Crippen LogP contribution in [0.4, 0.5) is 0 Å². The van der Waals surface area contributed by atoms with Gasteiger partial charge in [-0.1, -0.05) is 13.8 Å². The second-order valence-electron chi connectivity index (χ2n) is 3.99. The first-order valence-electron chi connectivity index (χ1n) is 6.59. The molecule has 5 nitrogen and oxygen atoms in total. The molecule has 0 aromatic carbocycles. The van der Waals surface area contributed by atoms with Crippen LogP contribution in [-0.4, -0.2) is 36.3 Å². The summed E-state index contributed by atoms with van der Waals surface area (Å²) in [5.41, 5.74) is 0.899. The van der Waals surface area contributed by atoms with Crippen molar-refractivity contribution in [3.05, 3.63) is 18.1 Å². The Morgan fingerprint density at radius 2 is 2.00 bits per heavy atom. The van der Waals surface area contributed by atoms with Gasteiger partial charge in [-0.2, -0.15) is 0 Å². The Hall–Kier alpha value is -1.20. The SMILES string of the molecule is CCCNCc1cncc(OCCOCCC)n1. The average Bonchev–Trinajstić information content (AvgIpc) is 2.39. The lowest BCUT2D eigenvalue weighted by atomic mass is 10.4. The van der Waals surface area contributed by atoms with Gasteiger partial charge in [-0.3, -0.25) is 4.98 Å². The molecule has 0 fully saturated rings. The highest BCUT2D eigenvalue weighted by atomic mass is 16.5. The molecule has 0 amide bonds. The molecule has 18 heavy (non-hydrogen) atoms. The van der Waals surface area contributed by atoms with Crippen molar-refractivity contribution in [2.75, 3.05) is 26.4 Å². The van der Waals surface area contributed by atoms with Crippen molar-refractivity contribution in [2.24, 2.45) is 0 Å². The standard InChI is InChI=1S/C13H23N3O2/c1-3-5-14-9-12-10-15-11-13(16-12)18-8-7-17-6-4-2/h10-11,14H,3-9H2,1-2H3. The second kappa shape index (κ2) is 9.79. The quantitative estimate of drug-likeness (QED) is 0.644. The average molecular weight is 253 g/mol. The predicted molar refractivity (Wildman–Crippen MR) is 70.6 cm³/mol. The van der Waals surface area contributed by atoms with Gasteiger partial charge in [-0.05, 0) is 19.4 Å². The molecular weight excluding hydrogens is 230 g/mol. The number of nitrogens with one attached hydrogen (secondary N) is 1. The summed E-state index contributed by atoms with van der Waals surface area (Å²) < 4.78 is 10.8. The van der Waals surface area contributed by atoms with E-state index in [4.69, 9.17) is 9.47 Å². The molecule has 1 N–H and O–H groups in total. The highest BCUT2D eigenvalue weighted by Gasteiger charge is 1.99. The molecular formula is C13H23N3O2.